The second-order valence-corrected chi connectivity index (χ2v) is 9.30. The minimum absolute atomic E-state index is 0.0336. The highest BCUT2D eigenvalue weighted by atomic mass is 32.2. The molecule has 28 heavy (non-hydrogen) atoms. The number of hydrogen-bond donors (Lipinski definition) is 1. The number of hydrogen-bond acceptors (Lipinski definition) is 6. The lowest BCUT2D eigenvalue weighted by Gasteiger charge is -2.13. The number of methoxy groups -OCH3 is 1. The van der Waals surface area contributed by atoms with E-state index in [1.54, 1.807) is 23.4 Å². The molecule has 3 rings (SSSR count). The summed E-state index contributed by atoms with van der Waals surface area (Å²) < 4.78 is 6.77. The molecule has 6 nitrogen and oxygen atoms in total. The molecule has 0 fully saturated rings. The molecule has 0 aliphatic carbocycles. The molecule has 1 aliphatic heterocycles. The van der Waals surface area contributed by atoms with E-state index in [4.69, 9.17) is 9.72 Å². The van der Waals surface area contributed by atoms with Gasteiger partial charge in [-0.05, 0) is 25.5 Å². The molecule has 2 heterocycles. The molecule has 150 valence electrons. The highest BCUT2D eigenvalue weighted by Crippen LogP contribution is 2.34. The first-order chi connectivity index (χ1) is 13.4. The molecule has 0 bridgehead atoms. The normalized spacial score (nSPS) is 15.5. The molecule has 1 atom stereocenters. The molecule has 0 saturated heterocycles. The Morgan fingerprint density at radius 1 is 1.43 bits per heavy atom. The van der Waals surface area contributed by atoms with Crippen LogP contribution in [0, 0.1) is 13.8 Å². The Hall–Kier alpha value is -1.77. The largest absolute Gasteiger partial charge is 0.383 e. The number of thioether (sulfide) groups is 2. The Morgan fingerprint density at radius 3 is 2.93 bits per heavy atom. The van der Waals surface area contributed by atoms with Crippen LogP contribution in [0.4, 0.5) is 5.69 Å². The van der Waals surface area contributed by atoms with E-state index < -0.39 is 0 Å². The van der Waals surface area contributed by atoms with E-state index in [1.165, 1.54) is 11.8 Å². The predicted molar refractivity (Wildman–Crippen MR) is 115 cm³/mol. The van der Waals surface area contributed by atoms with Crippen molar-refractivity contribution in [1.82, 2.24) is 9.55 Å². The topological polar surface area (TPSA) is 73.2 Å². The molecular weight excluding hydrogens is 394 g/mol. The summed E-state index contributed by atoms with van der Waals surface area (Å²) in [5.74, 6) is 0.0709. The number of aryl methyl sites for hydroxylation is 2. The van der Waals surface area contributed by atoms with Gasteiger partial charge in [-0.25, -0.2) is 4.98 Å². The number of fused-ring (bicyclic) bond motifs is 1. The van der Waals surface area contributed by atoms with Crippen LogP contribution in [0.2, 0.25) is 0 Å². The lowest BCUT2D eigenvalue weighted by Crippen LogP contribution is -2.27. The minimum Gasteiger partial charge on any atom is -0.383 e. The van der Waals surface area contributed by atoms with Crippen LogP contribution in [0.1, 0.15) is 23.7 Å². The molecule has 1 aromatic heterocycles. The summed E-state index contributed by atoms with van der Waals surface area (Å²) >= 11 is 2.87. The Bertz CT molecular complexity index is 943. The average Bonchev–Trinajstić information content (AvgIpc) is 3.02. The van der Waals surface area contributed by atoms with Gasteiger partial charge in [0.25, 0.3) is 5.56 Å². The van der Waals surface area contributed by atoms with Gasteiger partial charge >= 0.3 is 0 Å². The molecule has 1 unspecified atom stereocenters. The van der Waals surface area contributed by atoms with Crippen molar-refractivity contribution in [2.45, 2.75) is 49.0 Å². The zero-order valence-corrected chi connectivity index (χ0v) is 18.2. The third-order valence-corrected chi connectivity index (χ3v) is 6.66. The van der Waals surface area contributed by atoms with E-state index in [2.05, 4.69) is 12.2 Å². The molecule has 0 radical (unpaired) electrons. The first-order valence-corrected chi connectivity index (χ1v) is 11.0. The van der Waals surface area contributed by atoms with Crippen molar-refractivity contribution in [3.8, 4) is 0 Å². The number of benzene rings is 1. The third kappa shape index (κ3) is 4.79. The molecule has 0 saturated carbocycles. The summed E-state index contributed by atoms with van der Waals surface area (Å²) in [5, 5.41) is 3.86. The van der Waals surface area contributed by atoms with Crippen molar-refractivity contribution in [3.05, 3.63) is 45.4 Å². The number of ether oxygens (including phenoxy) is 1. The Balaban J connectivity index is 1.75. The van der Waals surface area contributed by atoms with Gasteiger partial charge in [0.1, 0.15) is 0 Å². The van der Waals surface area contributed by atoms with Gasteiger partial charge in [0.15, 0.2) is 5.16 Å². The van der Waals surface area contributed by atoms with Crippen molar-refractivity contribution in [1.29, 1.82) is 0 Å². The maximum atomic E-state index is 12.9. The Kier molecular flexibility index (Phi) is 6.85. The lowest BCUT2D eigenvalue weighted by molar-refractivity contribution is -0.113. The van der Waals surface area contributed by atoms with E-state index in [0.717, 1.165) is 33.8 Å². The Morgan fingerprint density at radius 2 is 2.21 bits per heavy atom. The zero-order valence-electron chi connectivity index (χ0n) is 16.6. The minimum atomic E-state index is -0.118. The molecule has 0 spiro atoms. The third-order valence-electron chi connectivity index (χ3n) is 4.47. The molecular formula is C20H25N3O3S2. The summed E-state index contributed by atoms with van der Waals surface area (Å²) in [5.41, 5.74) is 3.79. The van der Waals surface area contributed by atoms with Crippen LogP contribution in [0.3, 0.4) is 0 Å². The second kappa shape index (κ2) is 9.15. The van der Waals surface area contributed by atoms with Crippen molar-refractivity contribution in [3.63, 3.8) is 0 Å². The van der Waals surface area contributed by atoms with Crippen molar-refractivity contribution >= 4 is 35.1 Å². The first-order valence-electron chi connectivity index (χ1n) is 9.18. The molecule has 8 heteroatoms. The summed E-state index contributed by atoms with van der Waals surface area (Å²) in [4.78, 5) is 30.7. The molecule has 1 N–H and O–H groups in total. The molecule has 1 aliphatic rings. The monoisotopic (exact) mass is 419 g/mol. The maximum absolute atomic E-state index is 12.9. The number of nitrogens with zero attached hydrogens (tertiary/aromatic N) is 2. The van der Waals surface area contributed by atoms with Gasteiger partial charge in [-0.2, -0.15) is 0 Å². The van der Waals surface area contributed by atoms with Gasteiger partial charge in [0.2, 0.25) is 5.91 Å². The SMILES string of the molecule is COCCn1c(SCC(=O)Nc2ccc(C)cc2C)nc2c(c1=O)SC(C)C2. The van der Waals surface area contributed by atoms with Gasteiger partial charge < -0.3 is 10.1 Å². The van der Waals surface area contributed by atoms with E-state index in [1.807, 2.05) is 32.0 Å². The van der Waals surface area contributed by atoms with Crippen LogP contribution in [-0.4, -0.2) is 40.2 Å². The van der Waals surface area contributed by atoms with Crippen LogP contribution in [0.25, 0.3) is 0 Å². The number of nitrogens with one attached hydrogen (secondary N) is 1. The number of amides is 1. The highest BCUT2D eigenvalue weighted by Gasteiger charge is 2.26. The van der Waals surface area contributed by atoms with Crippen LogP contribution in [0.15, 0.2) is 33.0 Å². The van der Waals surface area contributed by atoms with E-state index in [0.29, 0.717) is 23.6 Å². The summed E-state index contributed by atoms with van der Waals surface area (Å²) in [6.45, 7) is 6.93. The first kappa shape index (κ1) is 21.0. The summed E-state index contributed by atoms with van der Waals surface area (Å²) in [6.07, 6.45) is 0.780. The number of aromatic nitrogens is 2. The van der Waals surface area contributed by atoms with E-state index in [9.17, 15) is 9.59 Å². The second-order valence-electron chi connectivity index (χ2n) is 6.91. The van der Waals surface area contributed by atoms with E-state index in [-0.39, 0.29) is 17.2 Å². The summed E-state index contributed by atoms with van der Waals surface area (Å²) in [7, 11) is 1.60. The highest BCUT2D eigenvalue weighted by molar-refractivity contribution is 8.00. The van der Waals surface area contributed by atoms with Crippen molar-refractivity contribution < 1.29 is 9.53 Å². The van der Waals surface area contributed by atoms with Gasteiger partial charge in [-0.1, -0.05) is 36.4 Å². The van der Waals surface area contributed by atoms with Crippen LogP contribution in [0.5, 0.6) is 0 Å². The summed E-state index contributed by atoms with van der Waals surface area (Å²) in [6, 6.07) is 5.92. The maximum Gasteiger partial charge on any atom is 0.268 e. The van der Waals surface area contributed by atoms with Crippen LogP contribution in [-0.2, 0) is 22.5 Å². The number of anilines is 1. The lowest BCUT2D eigenvalue weighted by atomic mass is 10.1. The van der Waals surface area contributed by atoms with Gasteiger partial charge in [0.05, 0.1) is 29.5 Å². The van der Waals surface area contributed by atoms with Gasteiger partial charge in [0, 0.05) is 24.5 Å². The van der Waals surface area contributed by atoms with Gasteiger partial charge in [-0.15, -0.1) is 11.8 Å². The Labute approximate surface area is 173 Å². The molecule has 1 aromatic carbocycles. The van der Waals surface area contributed by atoms with Gasteiger partial charge in [-0.3, -0.25) is 14.2 Å². The van der Waals surface area contributed by atoms with Crippen molar-refractivity contribution in [2.75, 3.05) is 24.8 Å². The smallest absolute Gasteiger partial charge is 0.268 e. The number of rotatable bonds is 7. The van der Waals surface area contributed by atoms with Crippen molar-refractivity contribution in [2.24, 2.45) is 0 Å². The predicted octanol–water partition coefficient (Wildman–Crippen LogP) is 3.27. The number of carbonyl (C=O) groups excluding carboxylic acids is 1. The standard InChI is InChI=1S/C20H25N3O3S2/c1-12-5-6-15(13(2)9-12)21-17(24)11-27-20-22-16-10-14(3)28-18(16)19(25)23(20)7-8-26-4/h5-6,9,14H,7-8,10-11H2,1-4H3,(H,21,24). The fraction of sp³-hybridized carbons (Fsp3) is 0.450. The van der Waals surface area contributed by atoms with Crippen LogP contribution < -0.4 is 10.9 Å². The number of carbonyl (C=O) groups is 1. The average molecular weight is 420 g/mol. The van der Waals surface area contributed by atoms with Crippen LogP contribution >= 0.6 is 23.5 Å². The zero-order chi connectivity index (χ0) is 20.3. The molecule has 2 aromatic rings. The van der Waals surface area contributed by atoms with E-state index >= 15 is 0 Å². The molecule has 1 amide bonds. The fourth-order valence-corrected chi connectivity index (χ4v) is 5.05. The fourth-order valence-electron chi connectivity index (χ4n) is 3.09. The quantitative estimate of drug-likeness (QED) is 0.548.